The van der Waals surface area contributed by atoms with Crippen LogP contribution < -0.4 is 4.74 Å². The minimum Gasteiger partial charge on any atom is -0.497 e. The van der Waals surface area contributed by atoms with Crippen LogP contribution in [0.15, 0.2) is 35.6 Å². The first-order valence-corrected chi connectivity index (χ1v) is 10.5. The van der Waals surface area contributed by atoms with Crippen molar-refractivity contribution in [3.63, 3.8) is 0 Å². The average molecular weight is 409 g/mol. The molecule has 2 bridgehead atoms. The van der Waals surface area contributed by atoms with Crippen LogP contribution in [0.25, 0.3) is 21.3 Å². The van der Waals surface area contributed by atoms with Gasteiger partial charge in [-0.15, -0.1) is 0 Å². The Morgan fingerprint density at radius 2 is 2.30 bits per heavy atom. The van der Waals surface area contributed by atoms with E-state index >= 15 is 0 Å². The molecule has 1 aromatic heterocycles. The number of ether oxygens (including phenoxy) is 2. The van der Waals surface area contributed by atoms with Gasteiger partial charge in [-0.1, -0.05) is 5.11 Å². The molecule has 0 saturated carbocycles. The third-order valence-electron chi connectivity index (χ3n) is 6.53. The fraction of sp³-hybridized carbons (Fsp3) is 0.545. The molecule has 8 heteroatoms. The zero-order valence-electron chi connectivity index (χ0n) is 17.4. The summed E-state index contributed by atoms with van der Waals surface area (Å²) in [6.45, 7) is 3.95. The minimum atomic E-state index is -0.360. The number of fused-ring (bicyclic) bond motifs is 4. The molecule has 4 heterocycles. The Morgan fingerprint density at radius 1 is 1.43 bits per heavy atom. The van der Waals surface area contributed by atoms with Gasteiger partial charge in [0.25, 0.3) is 0 Å². The normalized spacial score (nSPS) is 26.1. The second kappa shape index (κ2) is 8.90. The molecule has 4 unspecified atom stereocenters. The Bertz CT molecular complexity index is 974. The van der Waals surface area contributed by atoms with E-state index in [4.69, 9.17) is 15.0 Å². The molecule has 30 heavy (non-hydrogen) atoms. The summed E-state index contributed by atoms with van der Waals surface area (Å²) in [5.74, 6) is 1.54. The first kappa shape index (κ1) is 20.4. The monoisotopic (exact) mass is 409 g/mol. The fourth-order valence-corrected chi connectivity index (χ4v) is 5.14. The molecule has 5 atom stereocenters. The second-order valence-electron chi connectivity index (χ2n) is 8.16. The van der Waals surface area contributed by atoms with Gasteiger partial charge in [-0.3, -0.25) is 14.7 Å². The number of pyridine rings is 1. The van der Waals surface area contributed by atoms with Gasteiger partial charge in [0, 0.05) is 42.1 Å². The number of rotatable bonds is 7. The van der Waals surface area contributed by atoms with Crippen molar-refractivity contribution in [3.8, 4) is 5.75 Å². The number of benzene rings is 1. The van der Waals surface area contributed by atoms with Crippen molar-refractivity contribution in [2.45, 2.75) is 38.3 Å². The van der Waals surface area contributed by atoms with Gasteiger partial charge >= 0.3 is 5.97 Å². The maximum absolute atomic E-state index is 12.0. The van der Waals surface area contributed by atoms with Crippen molar-refractivity contribution in [1.82, 2.24) is 9.88 Å². The lowest BCUT2D eigenvalue weighted by molar-refractivity contribution is -0.155. The van der Waals surface area contributed by atoms with Crippen LogP contribution >= 0.6 is 0 Å². The van der Waals surface area contributed by atoms with Crippen molar-refractivity contribution in [2.24, 2.45) is 17.0 Å². The molecule has 158 valence electrons. The van der Waals surface area contributed by atoms with E-state index in [-0.39, 0.29) is 18.1 Å². The van der Waals surface area contributed by atoms with E-state index in [0.717, 1.165) is 54.6 Å². The first-order valence-electron chi connectivity index (χ1n) is 10.5. The SMILES string of the molecule is COc1ccc2nccc([C@@H](OC(C)=O)C3CC4CCN3CC4CCN=[N+]=[N-])c2c1. The molecule has 3 aliphatic rings. The molecule has 1 aromatic carbocycles. The number of aromatic nitrogens is 1. The highest BCUT2D eigenvalue weighted by atomic mass is 16.5. The summed E-state index contributed by atoms with van der Waals surface area (Å²) in [6, 6.07) is 7.87. The molecule has 0 aliphatic carbocycles. The second-order valence-corrected chi connectivity index (χ2v) is 8.16. The lowest BCUT2D eigenvalue weighted by Crippen LogP contribution is -2.55. The zero-order valence-corrected chi connectivity index (χ0v) is 17.4. The molecule has 0 amide bonds. The fourth-order valence-electron chi connectivity index (χ4n) is 5.14. The van der Waals surface area contributed by atoms with Gasteiger partial charge in [0.15, 0.2) is 0 Å². The molecule has 3 saturated heterocycles. The number of esters is 1. The van der Waals surface area contributed by atoms with E-state index in [0.29, 0.717) is 18.4 Å². The number of nitrogens with zero attached hydrogens (tertiary/aromatic N) is 5. The summed E-state index contributed by atoms with van der Waals surface area (Å²) >= 11 is 0. The van der Waals surface area contributed by atoms with Gasteiger partial charge in [-0.25, -0.2) is 0 Å². The molecule has 0 N–H and O–H groups in total. The third kappa shape index (κ3) is 4.06. The average Bonchev–Trinajstić information content (AvgIpc) is 2.77. The van der Waals surface area contributed by atoms with Crippen molar-refractivity contribution in [1.29, 1.82) is 0 Å². The lowest BCUT2D eigenvalue weighted by Gasteiger charge is -2.52. The third-order valence-corrected chi connectivity index (χ3v) is 6.53. The predicted molar refractivity (Wildman–Crippen MR) is 113 cm³/mol. The van der Waals surface area contributed by atoms with Crippen LogP contribution in [-0.4, -0.2) is 48.6 Å². The van der Waals surface area contributed by atoms with Gasteiger partial charge in [-0.05, 0) is 67.4 Å². The summed E-state index contributed by atoms with van der Waals surface area (Å²) in [5.41, 5.74) is 10.4. The number of azide groups is 1. The number of piperidine rings is 3. The van der Waals surface area contributed by atoms with Gasteiger partial charge < -0.3 is 9.47 Å². The summed E-state index contributed by atoms with van der Waals surface area (Å²) in [5, 5.41) is 4.66. The maximum Gasteiger partial charge on any atom is 0.303 e. The molecule has 3 fully saturated rings. The molecule has 2 aromatic rings. The Balaban J connectivity index is 1.66. The van der Waals surface area contributed by atoms with E-state index in [9.17, 15) is 4.79 Å². The van der Waals surface area contributed by atoms with Gasteiger partial charge in [0.2, 0.25) is 0 Å². The van der Waals surface area contributed by atoms with Crippen LogP contribution in [0.3, 0.4) is 0 Å². The van der Waals surface area contributed by atoms with Crippen molar-refractivity contribution in [2.75, 3.05) is 26.7 Å². The summed E-state index contributed by atoms with van der Waals surface area (Å²) < 4.78 is 11.3. The quantitative estimate of drug-likeness (QED) is 0.294. The molecule has 5 rings (SSSR count). The first-order chi connectivity index (χ1) is 14.6. The number of carbonyl (C=O) groups excluding carboxylic acids is 1. The zero-order chi connectivity index (χ0) is 21.1. The summed E-state index contributed by atoms with van der Waals surface area (Å²) in [4.78, 5) is 21.8. The van der Waals surface area contributed by atoms with Crippen molar-refractivity contribution < 1.29 is 14.3 Å². The Hall–Kier alpha value is -2.83. The van der Waals surface area contributed by atoms with E-state index in [2.05, 4.69) is 19.9 Å². The molecular formula is C22H27N5O3. The summed E-state index contributed by atoms with van der Waals surface area (Å²) in [6.07, 6.45) is 4.42. The van der Waals surface area contributed by atoms with Crippen LogP contribution in [0.1, 0.15) is 37.9 Å². The van der Waals surface area contributed by atoms with E-state index < -0.39 is 0 Å². The number of hydrogen-bond acceptors (Lipinski definition) is 6. The van der Waals surface area contributed by atoms with Crippen LogP contribution in [0.4, 0.5) is 0 Å². The molecule has 3 aliphatic heterocycles. The predicted octanol–water partition coefficient (Wildman–Crippen LogP) is 4.26. The molecule has 8 nitrogen and oxygen atoms in total. The Labute approximate surface area is 175 Å². The van der Waals surface area contributed by atoms with Gasteiger partial charge in [-0.2, -0.15) is 0 Å². The topological polar surface area (TPSA) is 100 Å². The van der Waals surface area contributed by atoms with Crippen LogP contribution in [0, 0.1) is 11.8 Å². The highest BCUT2D eigenvalue weighted by molar-refractivity contribution is 5.84. The highest BCUT2D eigenvalue weighted by Crippen LogP contribution is 2.44. The smallest absolute Gasteiger partial charge is 0.303 e. The lowest BCUT2D eigenvalue weighted by atomic mass is 9.72. The van der Waals surface area contributed by atoms with Gasteiger partial charge in [0.05, 0.1) is 18.7 Å². The molecule has 0 spiro atoms. The van der Waals surface area contributed by atoms with Crippen molar-refractivity contribution in [3.05, 3.63) is 46.5 Å². The molecule has 0 radical (unpaired) electrons. The highest BCUT2D eigenvalue weighted by Gasteiger charge is 2.44. The Morgan fingerprint density at radius 3 is 3.00 bits per heavy atom. The van der Waals surface area contributed by atoms with Crippen LogP contribution in [-0.2, 0) is 9.53 Å². The van der Waals surface area contributed by atoms with Crippen LogP contribution in [0.2, 0.25) is 0 Å². The standard InChI is InChI=1S/C22H27N5O3/c1-14(28)30-22(18-6-8-24-20-4-3-17(29-2)12-19(18)20)21-11-15-7-10-27(21)13-16(15)5-9-25-26-23/h3-4,6,8,12,15-16,21-22H,5,7,9-11,13H2,1-2H3/t15?,16?,21?,22-/m1/s1. The number of hydrogen-bond donors (Lipinski definition) is 0. The Kier molecular flexibility index (Phi) is 6.06. The van der Waals surface area contributed by atoms with E-state index in [1.54, 1.807) is 13.3 Å². The maximum atomic E-state index is 12.0. The minimum absolute atomic E-state index is 0.125. The number of carbonyl (C=O) groups is 1. The largest absolute Gasteiger partial charge is 0.497 e. The van der Waals surface area contributed by atoms with E-state index in [1.807, 2.05) is 24.3 Å². The number of methoxy groups -OCH3 is 1. The summed E-state index contributed by atoms with van der Waals surface area (Å²) in [7, 11) is 1.64. The van der Waals surface area contributed by atoms with Crippen LogP contribution in [0.5, 0.6) is 5.75 Å². The van der Waals surface area contributed by atoms with Gasteiger partial charge in [0.1, 0.15) is 11.9 Å². The molecular weight excluding hydrogens is 382 g/mol. The van der Waals surface area contributed by atoms with Crippen molar-refractivity contribution >= 4 is 16.9 Å². The van der Waals surface area contributed by atoms with E-state index in [1.165, 1.54) is 6.92 Å².